The number of pyridine rings is 1. The monoisotopic (exact) mass is 235 g/mol. The van der Waals surface area contributed by atoms with Gasteiger partial charge >= 0.3 is 11.9 Å². The highest BCUT2D eigenvalue weighted by Gasteiger charge is 2.21. The second kappa shape index (κ2) is 4.95. The number of hydrogen-bond donors (Lipinski definition) is 0. The maximum Gasteiger partial charge on any atom is 0.315 e. The molecule has 0 aromatic carbocycles. The van der Waals surface area contributed by atoms with Gasteiger partial charge in [-0.05, 0) is 13.0 Å². The van der Waals surface area contributed by atoms with Crippen molar-refractivity contribution in [3.63, 3.8) is 0 Å². The summed E-state index contributed by atoms with van der Waals surface area (Å²) in [4.78, 5) is 26.3. The lowest BCUT2D eigenvalue weighted by Crippen LogP contribution is -2.06. The molecule has 0 aliphatic carbocycles. The second-order valence-electron chi connectivity index (χ2n) is 3.74. The number of hydrogen-bond acceptors (Lipinski definition) is 5. The van der Waals surface area contributed by atoms with Crippen LogP contribution in [-0.2, 0) is 27.2 Å². The lowest BCUT2D eigenvalue weighted by atomic mass is 10.1. The van der Waals surface area contributed by atoms with Crippen LogP contribution < -0.4 is 4.74 Å². The van der Waals surface area contributed by atoms with Crippen LogP contribution in [0.25, 0.3) is 0 Å². The highest BCUT2D eigenvalue weighted by molar-refractivity contribution is 5.80. The molecule has 0 saturated carbocycles. The summed E-state index contributed by atoms with van der Waals surface area (Å²) >= 11 is 0. The number of esters is 2. The van der Waals surface area contributed by atoms with Gasteiger partial charge in [-0.2, -0.15) is 0 Å². The summed E-state index contributed by atoms with van der Waals surface area (Å²) in [6.07, 6.45) is 2.62. The Morgan fingerprint density at radius 3 is 3.18 bits per heavy atom. The summed E-state index contributed by atoms with van der Waals surface area (Å²) in [5.41, 5.74) is 1.61. The Kier molecular flexibility index (Phi) is 3.37. The van der Waals surface area contributed by atoms with Gasteiger partial charge in [-0.1, -0.05) is 0 Å². The molecule has 0 spiro atoms. The fourth-order valence-electron chi connectivity index (χ4n) is 1.68. The van der Waals surface area contributed by atoms with Crippen LogP contribution in [0.15, 0.2) is 12.3 Å². The zero-order valence-corrected chi connectivity index (χ0v) is 9.56. The summed E-state index contributed by atoms with van der Waals surface area (Å²) < 4.78 is 9.76. The molecule has 1 aliphatic heterocycles. The Labute approximate surface area is 98.7 Å². The smallest absolute Gasteiger partial charge is 0.315 e. The molecule has 1 aromatic rings. The second-order valence-corrected chi connectivity index (χ2v) is 3.74. The highest BCUT2D eigenvalue weighted by atomic mass is 16.5. The number of aromatic nitrogens is 1. The minimum absolute atomic E-state index is 0.234. The van der Waals surface area contributed by atoms with E-state index in [2.05, 4.69) is 4.98 Å². The Balaban J connectivity index is 1.97. The van der Waals surface area contributed by atoms with E-state index >= 15 is 0 Å². The quantitative estimate of drug-likeness (QED) is 0.729. The molecule has 90 valence electrons. The Morgan fingerprint density at radius 1 is 1.59 bits per heavy atom. The molecule has 5 nitrogen and oxygen atoms in total. The van der Waals surface area contributed by atoms with Crippen molar-refractivity contribution in [2.75, 3.05) is 6.61 Å². The van der Waals surface area contributed by atoms with E-state index in [0.29, 0.717) is 25.2 Å². The number of carbonyl (C=O) groups is 2. The van der Waals surface area contributed by atoms with Gasteiger partial charge in [0, 0.05) is 17.7 Å². The molecule has 17 heavy (non-hydrogen) atoms. The van der Waals surface area contributed by atoms with Crippen molar-refractivity contribution in [3.05, 3.63) is 23.5 Å². The first-order valence-electron chi connectivity index (χ1n) is 5.53. The molecule has 0 N–H and O–H groups in total. The van der Waals surface area contributed by atoms with Crippen LogP contribution in [0.1, 0.15) is 24.6 Å². The summed E-state index contributed by atoms with van der Waals surface area (Å²) in [5, 5.41) is 0. The molecule has 0 amide bonds. The van der Waals surface area contributed by atoms with Crippen LogP contribution in [0.3, 0.4) is 0 Å². The maximum atomic E-state index is 11.2. The molecule has 2 rings (SSSR count). The topological polar surface area (TPSA) is 65.5 Å². The van der Waals surface area contributed by atoms with E-state index in [1.165, 1.54) is 6.20 Å². The Hall–Kier alpha value is -1.91. The Bertz CT molecular complexity index is 456. The predicted octanol–water partition coefficient (Wildman–Crippen LogP) is 1.04. The van der Waals surface area contributed by atoms with Crippen molar-refractivity contribution in [1.82, 2.24) is 4.98 Å². The van der Waals surface area contributed by atoms with E-state index in [9.17, 15) is 9.59 Å². The van der Waals surface area contributed by atoms with Gasteiger partial charge in [-0.25, -0.2) is 0 Å². The third kappa shape index (κ3) is 2.81. The largest absolute Gasteiger partial charge is 0.466 e. The fraction of sp³-hybridized carbons (Fsp3) is 0.417. The average Bonchev–Trinajstić information content (AvgIpc) is 2.66. The summed E-state index contributed by atoms with van der Waals surface area (Å²) in [5.74, 6) is 0.0290. The van der Waals surface area contributed by atoms with Gasteiger partial charge in [0.25, 0.3) is 0 Å². The van der Waals surface area contributed by atoms with E-state index in [1.807, 2.05) is 0 Å². The molecule has 1 aromatic heterocycles. The number of aryl methyl sites for hydroxylation is 1. The normalized spacial score (nSPS) is 13.1. The van der Waals surface area contributed by atoms with E-state index in [0.717, 1.165) is 11.3 Å². The van der Waals surface area contributed by atoms with Gasteiger partial charge in [0.1, 0.15) is 0 Å². The molecule has 0 atom stereocenters. The molecule has 0 radical (unpaired) electrons. The van der Waals surface area contributed by atoms with Gasteiger partial charge in [0.2, 0.25) is 0 Å². The number of carbonyl (C=O) groups excluding carboxylic acids is 2. The highest BCUT2D eigenvalue weighted by Crippen LogP contribution is 2.25. The molecule has 0 bridgehead atoms. The van der Waals surface area contributed by atoms with Crippen LogP contribution in [0, 0.1) is 0 Å². The van der Waals surface area contributed by atoms with Crippen molar-refractivity contribution in [2.24, 2.45) is 0 Å². The van der Waals surface area contributed by atoms with Crippen molar-refractivity contribution in [3.8, 4) is 5.75 Å². The summed E-state index contributed by atoms with van der Waals surface area (Å²) in [6.45, 7) is 2.16. The molecule has 1 aliphatic rings. The zero-order valence-electron chi connectivity index (χ0n) is 9.56. The fourth-order valence-corrected chi connectivity index (χ4v) is 1.68. The lowest BCUT2D eigenvalue weighted by Gasteiger charge is -2.03. The van der Waals surface area contributed by atoms with E-state index in [1.54, 1.807) is 13.0 Å². The third-order valence-corrected chi connectivity index (χ3v) is 2.45. The lowest BCUT2D eigenvalue weighted by molar-refractivity contribution is -0.143. The van der Waals surface area contributed by atoms with Gasteiger partial charge in [0.15, 0.2) is 5.75 Å². The molecular weight excluding hydrogens is 222 g/mol. The SMILES string of the molecule is CCOC(=O)CCc1cc2c(cn1)OC(=O)C2. The van der Waals surface area contributed by atoms with Crippen LogP contribution in [0.2, 0.25) is 0 Å². The van der Waals surface area contributed by atoms with Gasteiger partial charge in [-0.3, -0.25) is 14.6 Å². The van der Waals surface area contributed by atoms with E-state index < -0.39 is 0 Å². The van der Waals surface area contributed by atoms with Crippen LogP contribution in [0.4, 0.5) is 0 Å². The summed E-state index contributed by atoms with van der Waals surface area (Å²) in [6, 6.07) is 1.81. The van der Waals surface area contributed by atoms with Gasteiger partial charge < -0.3 is 9.47 Å². The van der Waals surface area contributed by atoms with Crippen LogP contribution >= 0.6 is 0 Å². The van der Waals surface area contributed by atoms with E-state index in [-0.39, 0.29) is 18.4 Å². The van der Waals surface area contributed by atoms with Crippen molar-refractivity contribution in [2.45, 2.75) is 26.2 Å². The van der Waals surface area contributed by atoms with Crippen molar-refractivity contribution < 1.29 is 19.1 Å². The average molecular weight is 235 g/mol. The zero-order chi connectivity index (χ0) is 12.3. The van der Waals surface area contributed by atoms with Crippen LogP contribution in [0.5, 0.6) is 5.75 Å². The molecule has 0 saturated heterocycles. The first-order chi connectivity index (χ1) is 8.19. The molecular formula is C12H13NO4. The van der Waals surface area contributed by atoms with Crippen LogP contribution in [-0.4, -0.2) is 23.5 Å². The molecule has 2 heterocycles. The minimum atomic E-state index is -0.260. The number of nitrogens with zero attached hydrogens (tertiary/aromatic N) is 1. The first-order valence-corrected chi connectivity index (χ1v) is 5.53. The maximum absolute atomic E-state index is 11.2. The Morgan fingerprint density at radius 2 is 2.41 bits per heavy atom. The van der Waals surface area contributed by atoms with E-state index in [4.69, 9.17) is 9.47 Å². The van der Waals surface area contributed by atoms with Gasteiger partial charge in [0.05, 0.1) is 25.6 Å². The van der Waals surface area contributed by atoms with Gasteiger partial charge in [-0.15, -0.1) is 0 Å². The standard InChI is InChI=1S/C12H13NO4/c1-2-16-11(14)4-3-9-5-8-6-12(15)17-10(8)7-13-9/h5,7H,2-4,6H2,1H3. The predicted molar refractivity (Wildman–Crippen MR) is 58.5 cm³/mol. The van der Waals surface area contributed by atoms with Crippen molar-refractivity contribution >= 4 is 11.9 Å². The first kappa shape index (κ1) is 11.6. The number of rotatable bonds is 4. The minimum Gasteiger partial charge on any atom is -0.466 e. The third-order valence-electron chi connectivity index (χ3n) is 2.45. The number of fused-ring (bicyclic) bond motifs is 1. The number of ether oxygens (including phenoxy) is 2. The van der Waals surface area contributed by atoms with Crippen molar-refractivity contribution in [1.29, 1.82) is 0 Å². The summed E-state index contributed by atoms with van der Waals surface area (Å²) in [7, 11) is 0. The molecule has 0 unspecified atom stereocenters. The molecule has 0 fully saturated rings. The molecule has 5 heteroatoms.